The minimum Gasteiger partial charge on any atom is -0.477 e. The largest absolute Gasteiger partial charge is 0.477 e. The maximum atomic E-state index is 13.4. The van der Waals surface area contributed by atoms with Crippen LogP contribution in [0.2, 0.25) is 0 Å². The lowest BCUT2D eigenvalue weighted by atomic mass is 10.1. The molecule has 8 nitrogen and oxygen atoms in total. The van der Waals surface area contributed by atoms with E-state index in [1.165, 1.54) is 19.0 Å². The Bertz CT molecular complexity index is 1170. The number of amides is 2. The first-order chi connectivity index (χ1) is 17.3. The average molecular weight is 502 g/mol. The van der Waals surface area contributed by atoms with Gasteiger partial charge in [0.2, 0.25) is 5.88 Å². The number of rotatable bonds is 9. The smallest absolute Gasteiger partial charge is 0.435 e. The highest BCUT2D eigenvalue weighted by molar-refractivity contribution is 5.96. The fourth-order valence-electron chi connectivity index (χ4n) is 3.99. The summed E-state index contributed by atoms with van der Waals surface area (Å²) in [4.78, 5) is 28.9. The Morgan fingerprint density at radius 2 is 1.69 bits per heavy atom. The van der Waals surface area contributed by atoms with E-state index in [1.54, 1.807) is 42.5 Å². The van der Waals surface area contributed by atoms with E-state index in [0.717, 1.165) is 23.7 Å². The number of pyridine rings is 1. The molecule has 36 heavy (non-hydrogen) atoms. The molecule has 4 rings (SSSR count). The molecule has 2 heterocycles. The van der Waals surface area contributed by atoms with Gasteiger partial charge in [0.15, 0.2) is 5.69 Å². The van der Waals surface area contributed by atoms with Gasteiger partial charge in [-0.15, -0.1) is 0 Å². The van der Waals surface area contributed by atoms with E-state index in [2.05, 4.69) is 20.7 Å². The fourth-order valence-corrected chi connectivity index (χ4v) is 3.99. The van der Waals surface area contributed by atoms with Gasteiger partial charge >= 0.3 is 6.18 Å². The number of carbonyl (C=O) groups excluding carboxylic acids is 2. The summed E-state index contributed by atoms with van der Waals surface area (Å²) in [6, 6.07) is 11.4. The number of aromatic nitrogens is 3. The quantitative estimate of drug-likeness (QED) is 0.432. The number of hydrogen-bond acceptors (Lipinski definition) is 5. The molecule has 1 aromatic carbocycles. The summed E-state index contributed by atoms with van der Waals surface area (Å²) in [5.41, 5.74) is -1.19. The number of carbonyl (C=O) groups is 2. The Morgan fingerprint density at radius 3 is 2.33 bits per heavy atom. The van der Waals surface area contributed by atoms with Crippen LogP contribution in [0.1, 0.15) is 52.1 Å². The van der Waals surface area contributed by atoms with Gasteiger partial charge in [-0.2, -0.15) is 18.3 Å². The Morgan fingerprint density at radius 1 is 1.00 bits per heavy atom. The summed E-state index contributed by atoms with van der Waals surface area (Å²) in [5, 5.41) is 8.55. The van der Waals surface area contributed by atoms with Crippen LogP contribution in [0.15, 0.2) is 54.9 Å². The zero-order valence-corrected chi connectivity index (χ0v) is 19.4. The van der Waals surface area contributed by atoms with Crippen LogP contribution < -0.4 is 15.4 Å². The second kappa shape index (κ2) is 11.2. The summed E-state index contributed by atoms with van der Waals surface area (Å²) < 4.78 is 47.0. The predicted molar refractivity (Wildman–Crippen MR) is 125 cm³/mol. The summed E-state index contributed by atoms with van der Waals surface area (Å²) in [6.07, 6.45) is 2.39. The molecule has 11 heteroatoms. The average Bonchev–Trinajstić information content (AvgIpc) is 3.56. The molecular weight excluding hydrogens is 475 g/mol. The summed E-state index contributed by atoms with van der Waals surface area (Å²) >= 11 is 0. The zero-order valence-electron chi connectivity index (χ0n) is 19.4. The third-order valence-corrected chi connectivity index (χ3v) is 5.88. The Hall–Kier alpha value is -3.89. The van der Waals surface area contributed by atoms with Crippen LogP contribution in [-0.4, -0.2) is 46.3 Å². The molecule has 0 spiro atoms. The number of benzene rings is 1. The minimum atomic E-state index is -4.80. The topological polar surface area (TPSA) is 98.1 Å². The van der Waals surface area contributed by atoms with E-state index < -0.39 is 29.2 Å². The van der Waals surface area contributed by atoms with Crippen LogP contribution in [0, 0.1) is 5.92 Å². The first kappa shape index (κ1) is 25.2. The van der Waals surface area contributed by atoms with Crippen LogP contribution in [0.5, 0.6) is 5.88 Å². The molecule has 2 aromatic heterocycles. The SMILES string of the molecule is O=C(NCCNC(=O)c1cn(-c2ccccc2)nc1C(F)(F)F)c1ccc(OCC2CCCC2)nc1. The first-order valence-electron chi connectivity index (χ1n) is 11.7. The number of hydrogen-bond donors (Lipinski definition) is 2. The van der Waals surface area contributed by atoms with Crippen LogP contribution in [-0.2, 0) is 6.18 Å². The molecular formula is C25H26F3N5O3. The molecule has 1 saturated carbocycles. The second-order valence-electron chi connectivity index (χ2n) is 8.53. The lowest BCUT2D eigenvalue weighted by Crippen LogP contribution is -2.35. The van der Waals surface area contributed by atoms with Gasteiger partial charge in [-0.1, -0.05) is 31.0 Å². The lowest BCUT2D eigenvalue weighted by Gasteiger charge is -2.11. The van der Waals surface area contributed by atoms with Gasteiger partial charge in [0, 0.05) is 31.5 Å². The Balaban J connectivity index is 1.27. The molecule has 0 aliphatic heterocycles. The van der Waals surface area contributed by atoms with Crippen molar-refractivity contribution in [2.45, 2.75) is 31.9 Å². The lowest BCUT2D eigenvalue weighted by molar-refractivity contribution is -0.141. The number of alkyl halides is 3. The van der Waals surface area contributed by atoms with Crippen molar-refractivity contribution in [3.63, 3.8) is 0 Å². The van der Waals surface area contributed by atoms with E-state index in [-0.39, 0.29) is 13.1 Å². The molecule has 1 aliphatic rings. The van der Waals surface area contributed by atoms with Gasteiger partial charge in [0.05, 0.1) is 23.4 Å². The van der Waals surface area contributed by atoms with Crippen molar-refractivity contribution < 1.29 is 27.5 Å². The number of nitrogens with zero attached hydrogens (tertiary/aromatic N) is 3. The molecule has 0 unspecified atom stereocenters. The fraction of sp³-hybridized carbons (Fsp3) is 0.360. The Kier molecular flexibility index (Phi) is 7.87. The number of halogens is 3. The second-order valence-corrected chi connectivity index (χ2v) is 8.53. The monoisotopic (exact) mass is 501 g/mol. The van der Waals surface area contributed by atoms with E-state index in [1.807, 2.05) is 0 Å². The summed E-state index contributed by atoms with van der Waals surface area (Å²) in [6.45, 7) is 0.547. The Labute approximate surface area is 205 Å². The van der Waals surface area contributed by atoms with E-state index in [4.69, 9.17) is 4.74 Å². The van der Waals surface area contributed by atoms with Crippen molar-refractivity contribution >= 4 is 11.8 Å². The van der Waals surface area contributed by atoms with Crippen LogP contribution in [0.4, 0.5) is 13.2 Å². The molecule has 190 valence electrons. The minimum absolute atomic E-state index is 0.0126. The van der Waals surface area contributed by atoms with Crippen molar-refractivity contribution in [3.05, 3.63) is 71.7 Å². The molecule has 0 radical (unpaired) electrons. The molecule has 0 saturated heterocycles. The normalized spacial score (nSPS) is 14.0. The van der Waals surface area contributed by atoms with Crippen LogP contribution in [0.25, 0.3) is 5.69 Å². The highest BCUT2D eigenvalue weighted by atomic mass is 19.4. The number of nitrogens with one attached hydrogen (secondary N) is 2. The summed E-state index contributed by atoms with van der Waals surface area (Å²) in [5.74, 6) is -0.372. The van der Waals surface area contributed by atoms with Crippen LogP contribution in [0.3, 0.4) is 0 Å². The summed E-state index contributed by atoms with van der Waals surface area (Å²) in [7, 11) is 0. The van der Waals surface area contributed by atoms with E-state index in [9.17, 15) is 22.8 Å². The molecule has 2 N–H and O–H groups in total. The van der Waals surface area contributed by atoms with Crippen molar-refractivity contribution in [1.29, 1.82) is 0 Å². The van der Waals surface area contributed by atoms with Gasteiger partial charge in [0.1, 0.15) is 0 Å². The van der Waals surface area contributed by atoms with Crippen molar-refractivity contribution in [1.82, 2.24) is 25.4 Å². The van der Waals surface area contributed by atoms with Gasteiger partial charge in [-0.3, -0.25) is 9.59 Å². The first-order valence-corrected chi connectivity index (χ1v) is 11.7. The number of para-hydroxylation sites is 1. The molecule has 1 aliphatic carbocycles. The standard InChI is InChI=1S/C25H26F3N5O3/c26-25(27,28)22-20(15-33(32-22)19-8-2-1-3-9-19)24(35)30-13-12-29-23(34)18-10-11-21(31-14-18)36-16-17-6-4-5-7-17/h1-3,8-11,14-15,17H,4-7,12-13,16H2,(H,29,34)(H,30,35). The molecule has 0 bridgehead atoms. The highest BCUT2D eigenvalue weighted by Crippen LogP contribution is 2.31. The third kappa shape index (κ3) is 6.41. The van der Waals surface area contributed by atoms with Gasteiger partial charge in [0.25, 0.3) is 11.8 Å². The van der Waals surface area contributed by atoms with Crippen molar-refractivity contribution in [3.8, 4) is 11.6 Å². The van der Waals surface area contributed by atoms with Gasteiger partial charge in [-0.05, 0) is 37.0 Å². The zero-order chi connectivity index (χ0) is 25.5. The maximum Gasteiger partial charge on any atom is 0.435 e. The molecule has 0 atom stereocenters. The van der Waals surface area contributed by atoms with Gasteiger partial charge in [-0.25, -0.2) is 9.67 Å². The molecule has 3 aromatic rings. The third-order valence-electron chi connectivity index (χ3n) is 5.88. The molecule has 1 fully saturated rings. The van der Waals surface area contributed by atoms with Gasteiger partial charge < -0.3 is 15.4 Å². The highest BCUT2D eigenvalue weighted by Gasteiger charge is 2.39. The number of ether oxygens (including phenoxy) is 1. The van der Waals surface area contributed by atoms with Crippen molar-refractivity contribution in [2.75, 3.05) is 19.7 Å². The van der Waals surface area contributed by atoms with Crippen LogP contribution >= 0.6 is 0 Å². The molecule has 2 amide bonds. The van der Waals surface area contributed by atoms with Crippen molar-refractivity contribution in [2.24, 2.45) is 5.92 Å². The van der Waals surface area contributed by atoms with E-state index >= 15 is 0 Å². The van der Waals surface area contributed by atoms with E-state index in [0.29, 0.717) is 29.7 Å². The maximum absolute atomic E-state index is 13.4. The predicted octanol–water partition coefficient (Wildman–Crippen LogP) is 4.01.